The third-order valence-corrected chi connectivity index (χ3v) is 3.96. The molecule has 6 nitrogen and oxygen atoms in total. The van der Waals surface area contributed by atoms with Crippen molar-refractivity contribution in [2.24, 2.45) is 7.05 Å². The smallest absolute Gasteiger partial charge is 0.321 e. The molecule has 0 spiro atoms. The van der Waals surface area contributed by atoms with E-state index in [-0.39, 0.29) is 6.03 Å². The summed E-state index contributed by atoms with van der Waals surface area (Å²) < 4.78 is 1.87. The third-order valence-electron chi connectivity index (χ3n) is 3.19. The van der Waals surface area contributed by atoms with Crippen LogP contribution in [-0.4, -0.2) is 20.6 Å². The molecule has 1 atom stereocenters. The Morgan fingerprint density at radius 1 is 1.55 bits per heavy atom. The van der Waals surface area contributed by atoms with Gasteiger partial charge in [-0.1, -0.05) is 13.8 Å². The van der Waals surface area contributed by atoms with Gasteiger partial charge in [-0.2, -0.15) is 0 Å². The Morgan fingerprint density at radius 3 is 3.00 bits per heavy atom. The number of hydrogen-bond acceptors (Lipinski definition) is 4. The number of carbonyl (C=O) groups excluding carboxylic acids is 1. The van der Waals surface area contributed by atoms with Gasteiger partial charge in [0.25, 0.3) is 0 Å². The highest BCUT2D eigenvalue weighted by Gasteiger charge is 2.10. The molecule has 0 saturated carbocycles. The number of hydrogen-bond donors (Lipinski definition) is 2. The van der Waals surface area contributed by atoms with Crippen LogP contribution in [0, 0.1) is 0 Å². The van der Waals surface area contributed by atoms with E-state index >= 15 is 0 Å². The molecule has 0 bridgehead atoms. The van der Waals surface area contributed by atoms with Crippen LogP contribution in [0.5, 0.6) is 0 Å². The number of aryl methyl sites for hydroxylation is 1. The zero-order chi connectivity index (χ0) is 14.5. The van der Waals surface area contributed by atoms with Gasteiger partial charge < -0.3 is 9.88 Å². The van der Waals surface area contributed by atoms with E-state index in [0.717, 1.165) is 17.9 Å². The predicted molar refractivity (Wildman–Crippen MR) is 79.9 cm³/mol. The van der Waals surface area contributed by atoms with Crippen LogP contribution in [0.2, 0.25) is 0 Å². The molecule has 2 rings (SSSR count). The van der Waals surface area contributed by atoms with Crippen LogP contribution in [0.3, 0.4) is 0 Å². The van der Waals surface area contributed by atoms with Crippen LogP contribution in [0.25, 0.3) is 0 Å². The maximum absolute atomic E-state index is 11.8. The first-order chi connectivity index (χ1) is 9.60. The molecule has 7 heteroatoms. The van der Waals surface area contributed by atoms with Crippen LogP contribution in [-0.2, 0) is 13.6 Å². The number of amides is 2. The van der Waals surface area contributed by atoms with Crippen molar-refractivity contribution in [3.8, 4) is 0 Å². The van der Waals surface area contributed by atoms with Gasteiger partial charge in [0, 0.05) is 24.8 Å². The fourth-order valence-electron chi connectivity index (χ4n) is 1.65. The highest BCUT2D eigenvalue weighted by atomic mass is 32.1. The first kappa shape index (κ1) is 14.5. The summed E-state index contributed by atoms with van der Waals surface area (Å²) in [7, 11) is 1.89. The van der Waals surface area contributed by atoms with Gasteiger partial charge in [0.05, 0.1) is 12.2 Å². The van der Waals surface area contributed by atoms with E-state index in [4.69, 9.17) is 0 Å². The second-order valence-corrected chi connectivity index (χ2v) is 5.51. The number of aromatic nitrogens is 3. The summed E-state index contributed by atoms with van der Waals surface area (Å²) in [5, 5.41) is 8.12. The van der Waals surface area contributed by atoms with E-state index in [1.807, 2.05) is 23.2 Å². The quantitative estimate of drug-likeness (QED) is 0.890. The van der Waals surface area contributed by atoms with E-state index in [1.165, 1.54) is 11.3 Å². The van der Waals surface area contributed by atoms with Crippen molar-refractivity contribution in [2.75, 3.05) is 5.32 Å². The lowest BCUT2D eigenvalue weighted by Gasteiger charge is -2.06. The summed E-state index contributed by atoms with van der Waals surface area (Å²) in [5.41, 5.74) is 1.02. The van der Waals surface area contributed by atoms with Crippen molar-refractivity contribution < 1.29 is 4.79 Å². The molecule has 2 aromatic heterocycles. The molecular formula is C13H19N5OS. The number of imidazole rings is 1. The molecule has 108 valence electrons. The minimum absolute atomic E-state index is 0.266. The number of rotatable bonds is 5. The van der Waals surface area contributed by atoms with Crippen LogP contribution in [0.15, 0.2) is 17.8 Å². The van der Waals surface area contributed by atoms with Crippen molar-refractivity contribution >= 4 is 22.5 Å². The monoisotopic (exact) mass is 293 g/mol. The predicted octanol–water partition coefficient (Wildman–Crippen LogP) is 2.71. The largest absolute Gasteiger partial charge is 0.337 e. The zero-order valence-corrected chi connectivity index (χ0v) is 12.7. The second-order valence-electron chi connectivity index (χ2n) is 4.65. The minimum Gasteiger partial charge on any atom is -0.337 e. The number of thiazole rings is 1. The third kappa shape index (κ3) is 3.57. The van der Waals surface area contributed by atoms with Crippen molar-refractivity contribution in [1.29, 1.82) is 0 Å². The van der Waals surface area contributed by atoms with Crippen LogP contribution in [0.1, 0.15) is 37.7 Å². The van der Waals surface area contributed by atoms with E-state index in [1.54, 1.807) is 6.20 Å². The van der Waals surface area contributed by atoms with Gasteiger partial charge in [-0.15, -0.1) is 11.3 Å². The molecule has 2 heterocycles. The molecule has 20 heavy (non-hydrogen) atoms. The Labute approximate surface area is 122 Å². The van der Waals surface area contributed by atoms with Crippen LogP contribution in [0.4, 0.5) is 9.93 Å². The van der Waals surface area contributed by atoms with Gasteiger partial charge in [0.1, 0.15) is 5.82 Å². The second kappa shape index (κ2) is 6.51. The Balaban J connectivity index is 1.85. The topological polar surface area (TPSA) is 71.8 Å². The number of carbonyl (C=O) groups is 1. The van der Waals surface area contributed by atoms with Crippen molar-refractivity contribution in [2.45, 2.75) is 32.7 Å². The Hall–Kier alpha value is -1.89. The standard InChI is InChI=1S/C13H19N5OS/c1-4-9(2)10-8-20-13(16-10)17-12(19)15-7-11-14-5-6-18(11)3/h5-6,8-9H,4,7H2,1-3H3,(H2,15,16,17,19)/t9-/m1/s1. The molecule has 0 saturated heterocycles. The molecule has 2 amide bonds. The molecule has 0 aliphatic rings. The number of urea groups is 1. The SMILES string of the molecule is CC[C@@H](C)c1csc(NC(=O)NCc2nccn2C)n1. The Morgan fingerprint density at radius 2 is 2.35 bits per heavy atom. The van der Waals surface area contributed by atoms with Crippen molar-refractivity contribution in [1.82, 2.24) is 19.9 Å². The van der Waals surface area contributed by atoms with E-state index < -0.39 is 0 Å². The average molecular weight is 293 g/mol. The maximum Gasteiger partial charge on any atom is 0.321 e. The fourth-order valence-corrected chi connectivity index (χ4v) is 2.47. The molecular weight excluding hydrogens is 274 g/mol. The lowest BCUT2D eigenvalue weighted by Crippen LogP contribution is -2.29. The summed E-state index contributed by atoms with van der Waals surface area (Å²) in [4.78, 5) is 20.3. The molecule has 0 aromatic carbocycles. The van der Waals surface area contributed by atoms with Gasteiger partial charge in [0.15, 0.2) is 5.13 Å². The summed E-state index contributed by atoms with van der Waals surface area (Å²) in [5.74, 6) is 1.22. The maximum atomic E-state index is 11.8. The summed E-state index contributed by atoms with van der Waals surface area (Å²) >= 11 is 1.44. The van der Waals surface area contributed by atoms with Gasteiger partial charge in [0.2, 0.25) is 0 Å². The number of nitrogens with zero attached hydrogens (tertiary/aromatic N) is 3. The van der Waals surface area contributed by atoms with Crippen molar-refractivity contribution in [3.63, 3.8) is 0 Å². The molecule has 0 unspecified atom stereocenters. The molecule has 0 radical (unpaired) electrons. The van der Waals surface area contributed by atoms with E-state index in [2.05, 4.69) is 34.4 Å². The van der Waals surface area contributed by atoms with E-state index in [9.17, 15) is 4.79 Å². The Kier molecular flexibility index (Phi) is 4.73. The lowest BCUT2D eigenvalue weighted by molar-refractivity contribution is 0.251. The normalized spacial score (nSPS) is 12.2. The van der Waals surface area contributed by atoms with Crippen LogP contribution < -0.4 is 10.6 Å². The average Bonchev–Trinajstić information content (AvgIpc) is 3.05. The first-order valence-corrected chi connectivity index (χ1v) is 7.44. The molecule has 2 aromatic rings. The first-order valence-electron chi connectivity index (χ1n) is 6.56. The lowest BCUT2D eigenvalue weighted by atomic mass is 10.1. The highest BCUT2D eigenvalue weighted by molar-refractivity contribution is 7.13. The van der Waals surface area contributed by atoms with Gasteiger partial charge in [-0.05, 0) is 12.3 Å². The minimum atomic E-state index is -0.266. The molecule has 0 aliphatic carbocycles. The van der Waals surface area contributed by atoms with Crippen molar-refractivity contribution in [3.05, 3.63) is 29.3 Å². The molecule has 2 N–H and O–H groups in total. The molecule has 0 aliphatic heterocycles. The highest BCUT2D eigenvalue weighted by Crippen LogP contribution is 2.23. The fraction of sp³-hybridized carbons (Fsp3) is 0.462. The molecule has 0 fully saturated rings. The van der Waals surface area contributed by atoms with Crippen LogP contribution >= 0.6 is 11.3 Å². The van der Waals surface area contributed by atoms with Gasteiger partial charge in [-0.25, -0.2) is 14.8 Å². The number of anilines is 1. The number of nitrogens with one attached hydrogen (secondary N) is 2. The summed E-state index contributed by atoms with van der Waals surface area (Å²) in [6.45, 7) is 4.63. The summed E-state index contributed by atoms with van der Waals surface area (Å²) in [6.07, 6.45) is 4.58. The van der Waals surface area contributed by atoms with E-state index in [0.29, 0.717) is 17.6 Å². The Bertz CT molecular complexity index is 577. The van der Waals surface area contributed by atoms with Gasteiger partial charge in [-0.3, -0.25) is 5.32 Å². The summed E-state index contributed by atoms with van der Waals surface area (Å²) in [6, 6.07) is -0.266. The van der Waals surface area contributed by atoms with Gasteiger partial charge >= 0.3 is 6.03 Å². The zero-order valence-electron chi connectivity index (χ0n) is 11.9.